The van der Waals surface area contributed by atoms with Crippen molar-refractivity contribution in [3.63, 3.8) is 0 Å². The van der Waals surface area contributed by atoms with Crippen LogP contribution < -0.4 is 0 Å². The minimum absolute atomic E-state index is 0.182. The summed E-state index contributed by atoms with van der Waals surface area (Å²) in [6.07, 6.45) is 1.38. The molecule has 1 atom stereocenters. The Kier molecular flexibility index (Phi) is 2.40. The highest BCUT2D eigenvalue weighted by Crippen LogP contribution is 2.39. The molecule has 1 aliphatic rings. The third kappa shape index (κ3) is 1.84. The summed E-state index contributed by atoms with van der Waals surface area (Å²) in [7, 11) is 0. The Hall–Kier alpha value is -0.410. The first-order valence-corrected chi connectivity index (χ1v) is 5.61. The SMILES string of the molecule is CC1(C)Cc2ccc(Br)nc2C(O)C1. The Balaban J connectivity index is 2.45. The molecule has 0 amide bonds. The van der Waals surface area contributed by atoms with Crippen molar-refractivity contribution in [2.24, 2.45) is 5.41 Å². The lowest BCUT2D eigenvalue weighted by Gasteiger charge is -2.33. The first-order valence-electron chi connectivity index (χ1n) is 4.81. The van der Waals surface area contributed by atoms with Crippen LogP contribution in [0.15, 0.2) is 16.7 Å². The molecule has 1 unspecified atom stereocenters. The number of fused-ring (bicyclic) bond motifs is 1. The zero-order valence-corrected chi connectivity index (χ0v) is 10.0. The van der Waals surface area contributed by atoms with E-state index in [1.54, 1.807) is 0 Å². The smallest absolute Gasteiger partial charge is 0.106 e. The van der Waals surface area contributed by atoms with Gasteiger partial charge in [0.25, 0.3) is 0 Å². The molecule has 2 rings (SSSR count). The van der Waals surface area contributed by atoms with Crippen LogP contribution in [0.2, 0.25) is 0 Å². The van der Waals surface area contributed by atoms with Gasteiger partial charge in [-0.25, -0.2) is 4.98 Å². The Labute approximate surface area is 92.5 Å². The van der Waals surface area contributed by atoms with Crippen LogP contribution in [0.5, 0.6) is 0 Å². The number of aromatic nitrogens is 1. The predicted octanol–water partition coefficient (Wildman–Crippen LogP) is 2.85. The van der Waals surface area contributed by atoms with Gasteiger partial charge >= 0.3 is 0 Å². The minimum atomic E-state index is -0.411. The molecule has 76 valence electrons. The molecule has 1 N–H and O–H groups in total. The Morgan fingerprint density at radius 2 is 2.21 bits per heavy atom. The van der Waals surface area contributed by atoms with Crippen molar-refractivity contribution in [1.29, 1.82) is 0 Å². The van der Waals surface area contributed by atoms with Crippen molar-refractivity contribution in [3.8, 4) is 0 Å². The number of nitrogens with zero attached hydrogens (tertiary/aromatic N) is 1. The number of rotatable bonds is 0. The number of aliphatic hydroxyl groups is 1. The molecule has 0 bridgehead atoms. The molecular weight excluding hydrogens is 242 g/mol. The first kappa shape index (κ1) is 10.1. The predicted molar refractivity (Wildman–Crippen MR) is 59.0 cm³/mol. The summed E-state index contributed by atoms with van der Waals surface area (Å²) in [6, 6.07) is 3.99. The average Bonchev–Trinajstić information content (AvgIpc) is 2.05. The highest BCUT2D eigenvalue weighted by molar-refractivity contribution is 9.10. The van der Waals surface area contributed by atoms with E-state index in [4.69, 9.17) is 0 Å². The molecule has 0 aliphatic heterocycles. The van der Waals surface area contributed by atoms with Gasteiger partial charge in [-0.3, -0.25) is 0 Å². The van der Waals surface area contributed by atoms with Crippen LogP contribution in [0.25, 0.3) is 0 Å². The van der Waals surface area contributed by atoms with Crippen LogP contribution in [0.1, 0.15) is 37.6 Å². The number of halogens is 1. The molecule has 0 fully saturated rings. The van der Waals surface area contributed by atoms with E-state index in [1.165, 1.54) is 5.56 Å². The lowest BCUT2D eigenvalue weighted by atomic mass is 9.75. The van der Waals surface area contributed by atoms with Gasteiger partial charge in [-0.05, 0) is 45.8 Å². The fourth-order valence-electron chi connectivity index (χ4n) is 2.12. The normalized spacial score (nSPS) is 24.4. The van der Waals surface area contributed by atoms with Gasteiger partial charge in [0.05, 0.1) is 11.8 Å². The van der Waals surface area contributed by atoms with E-state index in [0.29, 0.717) is 0 Å². The lowest BCUT2D eigenvalue weighted by molar-refractivity contribution is 0.0953. The monoisotopic (exact) mass is 255 g/mol. The van der Waals surface area contributed by atoms with Crippen molar-refractivity contribution < 1.29 is 5.11 Å². The molecule has 0 saturated carbocycles. The minimum Gasteiger partial charge on any atom is -0.387 e. The van der Waals surface area contributed by atoms with E-state index >= 15 is 0 Å². The first-order chi connectivity index (χ1) is 6.48. The summed E-state index contributed by atoms with van der Waals surface area (Å²) >= 11 is 3.32. The van der Waals surface area contributed by atoms with E-state index in [-0.39, 0.29) is 5.41 Å². The van der Waals surface area contributed by atoms with E-state index in [2.05, 4.69) is 40.8 Å². The van der Waals surface area contributed by atoms with Gasteiger partial charge in [-0.15, -0.1) is 0 Å². The van der Waals surface area contributed by atoms with Crippen molar-refractivity contribution in [1.82, 2.24) is 4.98 Å². The number of aliphatic hydroxyl groups excluding tert-OH is 1. The summed E-state index contributed by atoms with van der Waals surface area (Å²) in [6.45, 7) is 4.36. The van der Waals surface area contributed by atoms with E-state index in [9.17, 15) is 5.11 Å². The molecule has 1 aliphatic carbocycles. The number of pyridine rings is 1. The summed E-state index contributed by atoms with van der Waals surface area (Å²) in [5.41, 5.74) is 2.21. The van der Waals surface area contributed by atoms with Crippen molar-refractivity contribution in [2.45, 2.75) is 32.8 Å². The fourth-order valence-corrected chi connectivity index (χ4v) is 2.45. The summed E-state index contributed by atoms with van der Waals surface area (Å²) in [4.78, 5) is 4.33. The molecule has 1 aromatic heterocycles. The summed E-state index contributed by atoms with van der Waals surface area (Å²) in [5.74, 6) is 0. The fraction of sp³-hybridized carbons (Fsp3) is 0.545. The van der Waals surface area contributed by atoms with Gasteiger partial charge in [0.15, 0.2) is 0 Å². The molecule has 1 aromatic rings. The quantitative estimate of drug-likeness (QED) is 0.724. The van der Waals surface area contributed by atoms with E-state index in [0.717, 1.165) is 23.1 Å². The molecule has 1 heterocycles. The van der Waals surface area contributed by atoms with E-state index in [1.807, 2.05) is 6.07 Å². The molecule has 3 heteroatoms. The second-order valence-corrected chi connectivity index (χ2v) is 5.55. The molecule has 0 saturated heterocycles. The standard InChI is InChI=1S/C11H14BrNO/c1-11(2)5-7-3-4-9(12)13-10(7)8(14)6-11/h3-4,8,14H,5-6H2,1-2H3. The maximum absolute atomic E-state index is 9.94. The topological polar surface area (TPSA) is 33.1 Å². The summed E-state index contributed by atoms with van der Waals surface area (Å²) in [5, 5.41) is 9.94. The molecule has 0 aromatic carbocycles. The van der Waals surface area contributed by atoms with E-state index < -0.39 is 6.10 Å². The largest absolute Gasteiger partial charge is 0.387 e. The molecular formula is C11H14BrNO. The maximum atomic E-state index is 9.94. The molecule has 0 spiro atoms. The van der Waals surface area contributed by atoms with Gasteiger partial charge in [0, 0.05) is 0 Å². The Bertz CT molecular complexity index is 362. The molecule has 2 nitrogen and oxygen atoms in total. The number of hydrogen-bond donors (Lipinski definition) is 1. The van der Waals surface area contributed by atoms with Crippen LogP contribution in [0, 0.1) is 5.41 Å². The van der Waals surface area contributed by atoms with Crippen molar-refractivity contribution in [3.05, 3.63) is 28.0 Å². The van der Waals surface area contributed by atoms with Crippen LogP contribution in [-0.4, -0.2) is 10.1 Å². The third-order valence-electron chi connectivity index (χ3n) is 2.71. The van der Waals surface area contributed by atoms with Gasteiger partial charge in [-0.1, -0.05) is 19.9 Å². The lowest BCUT2D eigenvalue weighted by Crippen LogP contribution is -2.26. The van der Waals surface area contributed by atoms with Gasteiger partial charge in [0.2, 0.25) is 0 Å². The highest BCUT2D eigenvalue weighted by atomic mass is 79.9. The molecule has 14 heavy (non-hydrogen) atoms. The average molecular weight is 256 g/mol. The molecule has 0 radical (unpaired) electrons. The van der Waals surface area contributed by atoms with Crippen LogP contribution in [-0.2, 0) is 6.42 Å². The number of hydrogen-bond acceptors (Lipinski definition) is 2. The highest BCUT2D eigenvalue weighted by Gasteiger charge is 2.31. The van der Waals surface area contributed by atoms with Gasteiger partial charge in [0.1, 0.15) is 4.60 Å². The third-order valence-corrected chi connectivity index (χ3v) is 3.15. The van der Waals surface area contributed by atoms with Crippen molar-refractivity contribution in [2.75, 3.05) is 0 Å². The summed E-state index contributed by atoms with van der Waals surface area (Å²) < 4.78 is 0.801. The second-order valence-electron chi connectivity index (χ2n) is 4.74. The van der Waals surface area contributed by atoms with Crippen LogP contribution in [0.3, 0.4) is 0 Å². The maximum Gasteiger partial charge on any atom is 0.106 e. The van der Waals surface area contributed by atoms with Crippen molar-refractivity contribution >= 4 is 15.9 Å². The van der Waals surface area contributed by atoms with Gasteiger partial charge in [-0.2, -0.15) is 0 Å². The van der Waals surface area contributed by atoms with Crippen LogP contribution >= 0.6 is 15.9 Å². The zero-order chi connectivity index (χ0) is 10.3. The van der Waals surface area contributed by atoms with Crippen LogP contribution in [0.4, 0.5) is 0 Å². The van der Waals surface area contributed by atoms with Gasteiger partial charge < -0.3 is 5.11 Å². The Morgan fingerprint density at radius 3 is 2.93 bits per heavy atom. The second kappa shape index (κ2) is 3.31. The Morgan fingerprint density at radius 1 is 1.50 bits per heavy atom. The zero-order valence-electron chi connectivity index (χ0n) is 8.42.